The van der Waals surface area contributed by atoms with Gasteiger partial charge in [-0.2, -0.15) is 5.26 Å². The number of nitrogens with zero attached hydrogens (tertiary/aromatic N) is 1. The minimum Gasteiger partial charge on any atom is -0.398 e. The van der Waals surface area contributed by atoms with Crippen LogP contribution < -0.4 is 5.73 Å². The van der Waals surface area contributed by atoms with Crippen LogP contribution in [-0.4, -0.2) is 0 Å². The van der Waals surface area contributed by atoms with Crippen LogP contribution in [-0.2, 0) is 0 Å². The van der Waals surface area contributed by atoms with Crippen molar-refractivity contribution in [3.63, 3.8) is 0 Å². The predicted molar refractivity (Wildman–Crippen MR) is 56.9 cm³/mol. The molecule has 0 atom stereocenters. The molecule has 1 aromatic rings. The Balaban J connectivity index is 2.99. The van der Waals surface area contributed by atoms with Gasteiger partial charge < -0.3 is 5.73 Å². The lowest BCUT2D eigenvalue weighted by molar-refractivity contribution is 1.48. The molecule has 0 aliphatic heterocycles. The maximum atomic E-state index is 8.34. The Morgan fingerprint density at radius 3 is 2.50 bits per heavy atom. The Kier molecular flexibility index (Phi) is 3.11. The molecule has 3 heteroatoms. The van der Waals surface area contributed by atoms with Crippen molar-refractivity contribution in [2.45, 2.75) is 0 Å². The average molecular weight is 270 g/mol. The number of halogens is 1. The largest absolute Gasteiger partial charge is 0.398 e. The number of nitrogens with two attached hydrogens (primary N) is 1. The van der Waals surface area contributed by atoms with Crippen LogP contribution in [0.1, 0.15) is 5.56 Å². The molecular formula is C9H7IN2. The molecule has 0 heterocycles. The fraction of sp³-hybridized carbons (Fsp3) is 0. The Labute approximate surface area is 84.8 Å². The summed E-state index contributed by atoms with van der Waals surface area (Å²) < 4.78 is 1.15. The van der Waals surface area contributed by atoms with Gasteiger partial charge in [0, 0.05) is 15.3 Å². The van der Waals surface area contributed by atoms with Gasteiger partial charge in [0.25, 0.3) is 0 Å². The molecule has 2 nitrogen and oxygen atoms in total. The van der Waals surface area contributed by atoms with E-state index in [1.54, 1.807) is 0 Å². The van der Waals surface area contributed by atoms with Crippen LogP contribution in [0, 0.1) is 14.9 Å². The van der Waals surface area contributed by atoms with Crippen molar-refractivity contribution in [2.75, 3.05) is 0 Å². The summed E-state index contributed by atoms with van der Waals surface area (Å²) in [5.41, 5.74) is 6.99. The molecule has 0 spiro atoms. The molecule has 0 bridgehead atoms. The highest BCUT2D eigenvalue weighted by Crippen LogP contribution is 2.11. The second kappa shape index (κ2) is 4.12. The topological polar surface area (TPSA) is 49.8 Å². The molecule has 1 aromatic carbocycles. The molecule has 0 saturated heterocycles. The quantitative estimate of drug-likeness (QED) is 0.627. The molecule has 0 aromatic heterocycles. The molecule has 1 rings (SSSR count). The fourth-order valence-electron chi connectivity index (χ4n) is 0.795. The van der Waals surface area contributed by atoms with Crippen molar-refractivity contribution >= 4 is 28.3 Å². The molecule has 12 heavy (non-hydrogen) atoms. The zero-order valence-corrected chi connectivity index (χ0v) is 8.45. The number of hydrogen-bond acceptors (Lipinski definition) is 2. The third-order valence-electron chi connectivity index (χ3n) is 1.40. The van der Waals surface area contributed by atoms with Crippen LogP contribution >= 0.6 is 22.6 Å². The van der Waals surface area contributed by atoms with Crippen molar-refractivity contribution < 1.29 is 0 Å². The Morgan fingerprint density at radius 2 is 2.00 bits per heavy atom. The zero-order valence-electron chi connectivity index (χ0n) is 6.29. The van der Waals surface area contributed by atoms with Gasteiger partial charge in [-0.3, -0.25) is 0 Å². The number of nitriles is 1. The first-order valence-corrected chi connectivity index (χ1v) is 4.43. The molecular weight excluding hydrogens is 263 g/mol. The summed E-state index contributed by atoms with van der Waals surface area (Å²) in [4.78, 5) is 0. The molecule has 0 unspecified atom stereocenters. The van der Waals surface area contributed by atoms with Gasteiger partial charge in [-0.15, -0.1) is 0 Å². The summed E-state index contributed by atoms with van der Waals surface area (Å²) in [6.45, 7) is 0. The van der Waals surface area contributed by atoms with E-state index in [0.29, 0.717) is 5.70 Å². The highest BCUT2D eigenvalue weighted by molar-refractivity contribution is 14.1. The summed E-state index contributed by atoms with van der Waals surface area (Å²) in [6.07, 6.45) is 1.34. The second-order valence-electron chi connectivity index (χ2n) is 2.24. The fourth-order valence-corrected chi connectivity index (χ4v) is 1.15. The minimum atomic E-state index is 0.508. The Bertz CT molecular complexity index is 333. The van der Waals surface area contributed by atoms with E-state index in [9.17, 15) is 0 Å². The van der Waals surface area contributed by atoms with Gasteiger partial charge >= 0.3 is 0 Å². The Morgan fingerprint density at radius 1 is 1.42 bits per heavy atom. The van der Waals surface area contributed by atoms with E-state index in [0.717, 1.165) is 9.13 Å². The maximum absolute atomic E-state index is 8.34. The summed E-state index contributed by atoms with van der Waals surface area (Å²) in [6, 6.07) is 9.58. The maximum Gasteiger partial charge on any atom is 0.0933 e. The van der Waals surface area contributed by atoms with Crippen molar-refractivity contribution in [2.24, 2.45) is 5.73 Å². The van der Waals surface area contributed by atoms with Crippen LogP contribution in [0.4, 0.5) is 0 Å². The second-order valence-corrected chi connectivity index (χ2v) is 3.48. The summed E-state index contributed by atoms with van der Waals surface area (Å²) in [5.74, 6) is 0. The monoisotopic (exact) mass is 270 g/mol. The third kappa shape index (κ3) is 2.24. The lowest BCUT2D eigenvalue weighted by atomic mass is 10.1. The molecule has 0 radical (unpaired) electrons. The van der Waals surface area contributed by atoms with E-state index in [4.69, 9.17) is 11.0 Å². The van der Waals surface area contributed by atoms with E-state index in [1.165, 1.54) is 6.08 Å². The van der Waals surface area contributed by atoms with Gasteiger partial charge in [0.15, 0.2) is 0 Å². The van der Waals surface area contributed by atoms with E-state index in [2.05, 4.69) is 22.6 Å². The lowest BCUT2D eigenvalue weighted by Gasteiger charge is -1.98. The first-order valence-electron chi connectivity index (χ1n) is 3.35. The molecule has 0 saturated carbocycles. The minimum absolute atomic E-state index is 0.508. The standard InChI is InChI=1S/C9H7IN2/c10-8-3-1-7(2-4-8)9(12)5-6-11/h1-5H,12H2/b9-5-. The van der Waals surface area contributed by atoms with E-state index < -0.39 is 0 Å². The lowest BCUT2D eigenvalue weighted by Crippen LogP contribution is -1.95. The number of hydrogen-bond donors (Lipinski definition) is 1. The third-order valence-corrected chi connectivity index (χ3v) is 2.12. The van der Waals surface area contributed by atoms with Crippen LogP contribution in [0.2, 0.25) is 0 Å². The summed E-state index contributed by atoms with van der Waals surface area (Å²) >= 11 is 2.22. The highest BCUT2D eigenvalue weighted by atomic mass is 127. The molecule has 0 fully saturated rings. The van der Waals surface area contributed by atoms with Crippen LogP contribution in [0.5, 0.6) is 0 Å². The van der Waals surface area contributed by atoms with Crippen LogP contribution in [0.25, 0.3) is 5.70 Å². The number of allylic oxidation sites excluding steroid dienone is 1. The van der Waals surface area contributed by atoms with Gasteiger partial charge in [0.1, 0.15) is 0 Å². The van der Waals surface area contributed by atoms with Gasteiger partial charge in [-0.1, -0.05) is 12.1 Å². The summed E-state index contributed by atoms with van der Waals surface area (Å²) in [5, 5.41) is 8.34. The molecule has 0 amide bonds. The van der Waals surface area contributed by atoms with E-state index in [-0.39, 0.29) is 0 Å². The van der Waals surface area contributed by atoms with Crippen molar-refractivity contribution in [3.8, 4) is 6.07 Å². The highest BCUT2D eigenvalue weighted by Gasteiger charge is 1.94. The number of rotatable bonds is 1. The van der Waals surface area contributed by atoms with Crippen LogP contribution in [0.3, 0.4) is 0 Å². The van der Waals surface area contributed by atoms with E-state index in [1.807, 2.05) is 30.3 Å². The van der Waals surface area contributed by atoms with Crippen molar-refractivity contribution in [3.05, 3.63) is 39.5 Å². The SMILES string of the molecule is N#C/C=C(\N)c1ccc(I)cc1. The first-order chi connectivity index (χ1) is 5.74. The number of benzene rings is 1. The van der Waals surface area contributed by atoms with Gasteiger partial charge in [0.2, 0.25) is 0 Å². The zero-order chi connectivity index (χ0) is 8.97. The molecule has 60 valence electrons. The van der Waals surface area contributed by atoms with Gasteiger partial charge in [0.05, 0.1) is 6.07 Å². The van der Waals surface area contributed by atoms with Crippen molar-refractivity contribution in [1.29, 1.82) is 5.26 Å². The summed E-state index contributed by atoms with van der Waals surface area (Å²) in [7, 11) is 0. The van der Waals surface area contributed by atoms with E-state index >= 15 is 0 Å². The van der Waals surface area contributed by atoms with Gasteiger partial charge in [-0.05, 0) is 40.3 Å². The van der Waals surface area contributed by atoms with Crippen LogP contribution in [0.15, 0.2) is 30.3 Å². The van der Waals surface area contributed by atoms with Crippen molar-refractivity contribution in [1.82, 2.24) is 0 Å². The van der Waals surface area contributed by atoms with Gasteiger partial charge in [-0.25, -0.2) is 0 Å². The first kappa shape index (κ1) is 9.07. The normalized spacial score (nSPS) is 10.8. The average Bonchev–Trinajstić information content (AvgIpc) is 2.06. The molecule has 2 N–H and O–H groups in total. The Hall–Kier alpha value is -1.02. The smallest absolute Gasteiger partial charge is 0.0933 e. The molecule has 0 aliphatic rings. The molecule has 0 aliphatic carbocycles. The predicted octanol–water partition coefficient (Wildman–Crippen LogP) is 2.11.